The summed E-state index contributed by atoms with van der Waals surface area (Å²) < 4.78 is 0. The van der Waals surface area contributed by atoms with Crippen molar-refractivity contribution in [2.45, 2.75) is 0 Å². The summed E-state index contributed by atoms with van der Waals surface area (Å²) in [7, 11) is 1.68. The molecule has 4 nitrogen and oxygen atoms in total. The summed E-state index contributed by atoms with van der Waals surface area (Å²) in [6, 6.07) is 0. The number of nitrogens with zero attached hydrogens (tertiary/aromatic N) is 3. The van der Waals surface area contributed by atoms with E-state index in [-0.39, 0.29) is 0 Å². The Morgan fingerprint density at radius 1 is 1.50 bits per heavy atom. The molecule has 0 amide bonds. The van der Waals surface area contributed by atoms with Crippen LogP contribution in [0.3, 0.4) is 0 Å². The number of nitrogen functional groups attached to an aromatic ring is 1. The van der Waals surface area contributed by atoms with Gasteiger partial charge >= 0.3 is 0 Å². The minimum absolute atomic E-state index is 0.539. The molecule has 14 heavy (non-hydrogen) atoms. The van der Waals surface area contributed by atoms with E-state index in [1.165, 1.54) is 0 Å². The first-order valence-corrected chi connectivity index (χ1v) is 4.11. The molecule has 0 unspecified atom stereocenters. The van der Waals surface area contributed by atoms with E-state index in [2.05, 4.69) is 21.5 Å². The molecule has 0 aliphatic carbocycles. The van der Waals surface area contributed by atoms with Gasteiger partial charge in [0.1, 0.15) is 5.71 Å². The lowest BCUT2D eigenvalue weighted by Crippen LogP contribution is -2.04. The molecule has 1 aromatic rings. The lowest BCUT2D eigenvalue weighted by molar-refractivity contribution is 1.13. The van der Waals surface area contributed by atoms with Gasteiger partial charge < -0.3 is 5.73 Å². The van der Waals surface area contributed by atoms with E-state index in [9.17, 15) is 0 Å². The van der Waals surface area contributed by atoms with Gasteiger partial charge in [-0.2, -0.15) is 0 Å². The lowest BCUT2D eigenvalue weighted by Gasteiger charge is -1.98. The van der Waals surface area contributed by atoms with Gasteiger partial charge in [-0.3, -0.25) is 4.99 Å². The fourth-order valence-corrected chi connectivity index (χ4v) is 0.879. The molecule has 2 N–H and O–H groups in total. The number of nitrogens with two attached hydrogens (primary N) is 1. The van der Waals surface area contributed by atoms with Crippen molar-refractivity contribution in [3.63, 3.8) is 0 Å². The van der Waals surface area contributed by atoms with Gasteiger partial charge in [-0.05, 0) is 6.08 Å². The van der Waals surface area contributed by atoms with Crippen LogP contribution in [-0.4, -0.2) is 22.7 Å². The minimum atomic E-state index is 0.539. The average Bonchev–Trinajstić information content (AvgIpc) is 2.21. The molecule has 0 bridgehead atoms. The summed E-state index contributed by atoms with van der Waals surface area (Å²) in [4.78, 5) is 12.1. The van der Waals surface area contributed by atoms with E-state index in [4.69, 9.17) is 5.73 Å². The predicted octanol–water partition coefficient (Wildman–Crippen LogP) is 1.22. The topological polar surface area (TPSA) is 64.2 Å². The van der Waals surface area contributed by atoms with Crippen LogP contribution in [0.15, 0.2) is 42.2 Å². The zero-order chi connectivity index (χ0) is 10.4. The average molecular weight is 188 g/mol. The first-order valence-electron chi connectivity index (χ1n) is 4.11. The van der Waals surface area contributed by atoms with Crippen LogP contribution in [0, 0.1) is 0 Å². The quantitative estimate of drug-likeness (QED) is 0.573. The van der Waals surface area contributed by atoms with Crippen LogP contribution in [0.5, 0.6) is 0 Å². The third-order valence-corrected chi connectivity index (χ3v) is 1.53. The molecule has 72 valence electrons. The normalized spacial score (nSPS) is 11.9. The van der Waals surface area contributed by atoms with Crippen LogP contribution >= 0.6 is 0 Å². The molecular formula is C10H12N4. The third-order valence-electron chi connectivity index (χ3n) is 1.53. The van der Waals surface area contributed by atoms with E-state index >= 15 is 0 Å². The third kappa shape index (κ3) is 2.52. The molecule has 0 atom stereocenters. The Kier molecular flexibility index (Phi) is 3.55. The first kappa shape index (κ1) is 10.1. The zero-order valence-corrected chi connectivity index (χ0v) is 8.01. The smallest absolute Gasteiger partial charge is 0.177 e. The van der Waals surface area contributed by atoms with Crippen molar-refractivity contribution in [3.05, 3.63) is 43.0 Å². The summed E-state index contributed by atoms with van der Waals surface area (Å²) in [6.45, 7) is 3.57. The molecule has 1 aromatic heterocycles. The fraction of sp³-hybridized carbons (Fsp3) is 0.100. The standard InChI is InChI=1S/C10H12N4/c1-3-4-5-9(12-2)10-13-6-8(11)7-14-10/h3-7H,1,11H2,2H3/b5-4-,12-9?. The van der Waals surface area contributed by atoms with Gasteiger partial charge in [-0.25, -0.2) is 9.97 Å². The molecule has 4 heteroatoms. The number of hydrogen-bond donors (Lipinski definition) is 1. The first-order chi connectivity index (χ1) is 6.77. The number of hydrogen-bond acceptors (Lipinski definition) is 4. The zero-order valence-electron chi connectivity index (χ0n) is 8.01. The minimum Gasteiger partial charge on any atom is -0.396 e. The van der Waals surface area contributed by atoms with Gasteiger partial charge in [0.25, 0.3) is 0 Å². The van der Waals surface area contributed by atoms with Crippen LogP contribution in [0.1, 0.15) is 5.82 Å². The molecule has 0 aliphatic heterocycles. The summed E-state index contributed by atoms with van der Waals surface area (Å²) in [5.41, 5.74) is 6.71. The predicted molar refractivity (Wildman–Crippen MR) is 58.2 cm³/mol. The highest BCUT2D eigenvalue weighted by atomic mass is 14.9. The van der Waals surface area contributed by atoms with Gasteiger partial charge in [0, 0.05) is 7.05 Å². The lowest BCUT2D eigenvalue weighted by atomic mass is 10.3. The fourth-order valence-electron chi connectivity index (χ4n) is 0.879. The molecular weight excluding hydrogens is 176 g/mol. The maximum Gasteiger partial charge on any atom is 0.177 e. The number of allylic oxidation sites excluding steroid dienone is 3. The van der Waals surface area contributed by atoms with Gasteiger partial charge in [-0.15, -0.1) is 0 Å². The SMILES string of the molecule is C=C/C=C\C(=NC)c1ncc(N)cn1. The Morgan fingerprint density at radius 3 is 2.64 bits per heavy atom. The van der Waals surface area contributed by atoms with Crippen molar-refractivity contribution in [2.75, 3.05) is 12.8 Å². The Morgan fingerprint density at radius 2 is 2.14 bits per heavy atom. The van der Waals surface area contributed by atoms with Crippen LogP contribution in [-0.2, 0) is 0 Å². The highest BCUT2D eigenvalue weighted by Crippen LogP contribution is 1.99. The van der Waals surface area contributed by atoms with E-state index in [1.54, 1.807) is 37.7 Å². The molecule has 1 heterocycles. The molecule has 0 spiro atoms. The second-order valence-corrected chi connectivity index (χ2v) is 2.54. The van der Waals surface area contributed by atoms with Crippen LogP contribution in [0.25, 0.3) is 0 Å². The number of rotatable bonds is 3. The van der Waals surface area contributed by atoms with Crippen LogP contribution < -0.4 is 5.73 Å². The van der Waals surface area contributed by atoms with E-state index in [1.807, 2.05) is 0 Å². The molecule has 0 saturated carbocycles. The maximum atomic E-state index is 5.47. The number of aromatic nitrogens is 2. The van der Waals surface area contributed by atoms with Crippen molar-refractivity contribution in [1.29, 1.82) is 0 Å². The molecule has 0 fully saturated rings. The molecule has 0 radical (unpaired) electrons. The Hall–Kier alpha value is -1.97. The van der Waals surface area contributed by atoms with Crippen molar-refractivity contribution < 1.29 is 0 Å². The Balaban J connectivity index is 2.96. The van der Waals surface area contributed by atoms with E-state index in [0.29, 0.717) is 17.2 Å². The number of aliphatic imine (C=N–C) groups is 1. The molecule has 0 saturated heterocycles. The summed E-state index contributed by atoms with van der Waals surface area (Å²) in [6.07, 6.45) is 8.34. The van der Waals surface area contributed by atoms with Crippen molar-refractivity contribution in [1.82, 2.24) is 9.97 Å². The second-order valence-electron chi connectivity index (χ2n) is 2.54. The van der Waals surface area contributed by atoms with E-state index in [0.717, 1.165) is 0 Å². The summed E-state index contributed by atoms with van der Waals surface area (Å²) >= 11 is 0. The van der Waals surface area contributed by atoms with Gasteiger partial charge in [0.2, 0.25) is 0 Å². The van der Waals surface area contributed by atoms with Crippen LogP contribution in [0.4, 0.5) is 5.69 Å². The highest BCUT2D eigenvalue weighted by Gasteiger charge is 2.00. The second kappa shape index (κ2) is 4.91. The van der Waals surface area contributed by atoms with Crippen molar-refractivity contribution in [2.24, 2.45) is 4.99 Å². The molecule has 0 aromatic carbocycles. The summed E-state index contributed by atoms with van der Waals surface area (Å²) in [5, 5.41) is 0. The van der Waals surface area contributed by atoms with Crippen molar-refractivity contribution >= 4 is 11.4 Å². The van der Waals surface area contributed by atoms with Gasteiger partial charge in [-0.1, -0.05) is 18.7 Å². The van der Waals surface area contributed by atoms with E-state index < -0.39 is 0 Å². The number of anilines is 1. The van der Waals surface area contributed by atoms with Crippen molar-refractivity contribution in [3.8, 4) is 0 Å². The van der Waals surface area contributed by atoms with Gasteiger partial charge in [0.05, 0.1) is 18.1 Å². The van der Waals surface area contributed by atoms with Gasteiger partial charge in [0.15, 0.2) is 5.82 Å². The van der Waals surface area contributed by atoms with Crippen LogP contribution in [0.2, 0.25) is 0 Å². The Bertz CT molecular complexity index is 362. The summed E-state index contributed by atoms with van der Waals surface area (Å²) in [5.74, 6) is 0.555. The molecule has 1 rings (SSSR count). The monoisotopic (exact) mass is 188 g/mol. The maximum absolute atomic E-state index is 5.47. The Labute approximate surface area is 82.9 Å². The highest BCUT2D eigenvalue weighted by molar-refractivity contribution is 6.06. The molecule has 0 aliphatic rings. The largest absolute Gasteiger partial charge is 0.396 e.